The SMILES string of the molecule is Nc1nc(-c2sc(C3CC3)nc2C2CC2)cs1. The smallest absolute Gasteiger partial charge is 0.180 e. The van der Waals surface area contributed by atoms with Crippen LogP contribution in [0, 0.1) is 0 Å². The van der Waals surface area contributed by atoms with Crippen molar-refractivity contribution >= 4 is 27.8 Å². The number of thiazole rings is 2. The maximum absolute atomic E-state index is 5.73. The van der Waals surface area contributed by atoms with Crippen molar-refractivity contribution < 1.29 is 0 Å². The van der Waals surface area contributed by atoms with Gasteiger partial charge in [0, 0.05) is 17.2 Å². The van der Waals surface area contributed by atoms with Crippen molar-refractivity contribution in [3.63, 3.8) is 0 Å². The topological polar surface area (TPSA) is 51.8 Å². The molecule has 0 aromatic carbocycles. The van der Waals surface area contributed by atoms with Crippen molar-refractivity contribution in [3.8, 4) is 10.6 Å². The molecular weight excluding hydrogens is 250 g/mol. The summed E-state index contributed by atoms with van der Waals surface area (Å²) in [7, 11) is 0. The number of nitrogens with zero attached hydrogens (tertiary/aromatic N) is 2. The summed E-state index contributed by atoms with van der Waals surface area (Å²) < 4.78 is 0. The summed E-state index contributed by atoms with van der Waals surface area (Å²) in [4.78, 5) is 10.6. The zero-order valence-electron chi connectivity index (χ0n) is 9.35. The van der Waals surface area contributed by atoms with E-state index in [9.17, 15) is 0 Å². The molecule has 0 aliphatic heterocycles. The van der Waals surface area contributed by atoms with Gasteiger partial charge in [0.25, 0.3) is 0 Å². The molecule has 2 aliphatic carbocycles. The molecule has 0 atom stereocenters. The van der Waals surface area contributed by atoms with Crippen LogP contribution in [0.3, 0.4) is 0 Å². The molecule has 0 saturated heterocycles. The average Bonchev–Trinajstić information content (AvgIpc) is 3.24. The number of hydrogen-bond acceptors (Lipinski definition) is 5. The van der Waals surface area contributed by atoms with Gasteiger partial charge in [-0.05, 0) is 25.7 Å². The molecule has 2 fully saturated rings. The Hall–Kier alpha value is -0.940. The van der Waals surface area contributed by atoms with Crippen molar-refractivity contribution in [1.82, 2.24) is 9.97 Å². The van der Waals surface area contributed by atoms with E-state index in [1.165, 1.54) is 52.6 Å². The minimum Gasteiger partial charge on any atom is -0.375 e. The van der Waals surface area contributed by atoms with Crippen LogP contribution in [-0.4, -0.2) is 9.97 Å². The second-order valence-electron chi connectivity index (χ2n) is 4.89. The van der Waals surface area contributed by atoms with Gasteiger partial charge in [-0.2, -0.15) is 0 Å². The van der Waals surface area contributed by atoms with Crippen molar-refractivity contribution in [1.29, 1.82) is 0 Å². The zero-order chi connectivity index (χ0) is 11.4. The molecule has 5 heteroatoms. The van der Waals surface area contributed by atoms with Gasteiger partial charge in [0.1, 0.15) is 0 Å². The lowest BCUT2D eigenvalue weighted by molar-refractivity contribution is 0.988. The Morgan fingerprint density at radius 2 is 1.88 bits per heavy atom. The van der Waals surface area contributed by atoms with E-state index in [1.54, 1.807) is 0 Å². The second kappa shape index (κ2) is 3.53. The molecule has 0 radical (unpaired) electrons. The number of hydrogen-bond donors (Lipinski definition) is 1. The first kappa shape index (κ1) is 10.0. The third-order valence-corrected chi connectivity index (χ3v) is 5.25. The van der Waals surface area contributed by atoms with E-state index in [1.807, 2.05) is 11.3 Å². The van der Waals surface area contributed by atoms with Crippen LogP contribution in [0.1, 0.15) is 48.2 Å². The largest absolute Gasteiger partial charge is 0.375 e. The Bertz CT molecular complexity index is 564. The summed E-state index contributed by atoms with van der Waals surface area (Å²) in [6.45, 7) is 0. The fourth-order valence-corrected chi connectivity index (χ4v) is 3.97. The van der Waals surface area contributed by atoms with Crippen molar-refractivity contribution in [3.05, 3.63) is 16.1 Å². The molecule has 2 N–H and O–H groups in total. The monoisotopic (exact) mass is 263 g/mol. The van der Waals surface area contributed by atoms with Gasteiger partial charge < -0.3 is 5.73 Å². The summed E-state index contributed by atoms with van der Waals surface area (Å²) in [6.07, 6.45) is 5.22. The molecule has 0 spiro atoms. The van der Waals surface area contributed by atoms with E-state index in [0.717, 1.165) is 11.6 Å². The Morgan fingerprint density at radius 3 is 2.47 bits per heavy atom. The van der Waals surface area contributed by atoms with Crippen LogP contribution >= 0.6 is 22.7 Å². The van der Waals surface area contributed by atoms with Gasteiger partial charge in [-0.3, -0.25) is 0 Å². The molecule has 2 aromatic heterocycles. The van der Waals surface area contributed by atoms with Crippen molar-refractivity contribution in [2.24, 2.45) is 0 Å². The van der Waals surface area contributed by atoms with Crippen LogP contribution in [-0.2, 0) is 0 Å². The quantitative estimate of drug-likeness (QED) is 0.920. The summed E-state index contributed by atoms with van der Waals surface area (Å²) in [6, 6.07) is 0. The van der Waals surface area contributed by atoms with E-state index in [2.05, 4.69) is 10.4 Å². The van der Waals surface area contributed by atoms with Crippen LogP contribution in [0.5, 0.6) is 0 Å². The van der Waals surface area contributed by atoms with E-state index in [-0.39, 0.29) is 0 Å². The average molecular weight is 263 g/mol. The standard InChI is InChI=1S/C12H13N3S2/c13-12-14-8(5-16-12)10-9(6-1-2-6)15-11(17-10)7-3-4-7/h5-7H,1-4H2,(H2,13,14). The zero-order valence-corrected chi connectivity index (χ0v) is 11.0. The lowest BCUT2D eigenvalue weighted by atomic mass is 10.2. The lowest BCUT2D eigenvalue weighted by Gasteiger charge is -1.94. The second-order valence-corrected chi connectivity index (χ2v) is 6.81. The number of nitrogen functional groups attached to an aromatic ring is 1. The summed E-state index contributed by atoms with van der Waals surface area (Å²) in [5.74, 6) is 1.43. The highest BCUT2D eigenvalue weighted by Gasteiger charge is 2.34. The Balaban J connectivity index is 1.81. The lowest BCUT2D eigenvalue weighted by Crippen LogP contribution is -1.86. The van der Waals surface area contributed by atoms with Gasteiger partial charge >= 0.3 is 0 Å². The number of aromatic nitrogens is 2. The minimum absolute atomic E-state index is 0.656. The van der Waals surface area contributed by atoms with E-state index < -0.39 is 0 Å². The Morgan fingerprint density at radius 1 is 1.12 bits per heavy atom. The molecule has 3 nitrogen and oxygen atoms in total. The van der Waals surface area contributed by atoms with E-state index >= 15 is 0 Å². The van der Waals surface area contributed by atoms with Gasteiger partial charge in [0.05, 0.1) is 21.3 Å². The normalized spacial score (nSPS) is 19.8. The molecule has 2 saturated carbocycles. The highest BCUT2D eigenvalue weighted by Crippen LogP contribution is 2.50. The first-order valence-corrected chi connectivity index (χ1v) is 7.73. The van der Waals surface area contributed by atoms with Crippen LogP contribution < -0.4 is 5.73 Å². The molecule has 2 heterocycles. The molecule has 4 rings (SSSR count). The van der Waals surface area contributed by atoms with Crippen molar-refractivity contribution in [2.75, 3.05) is 5.73 Å². The van der Waals surface area contributed by atoms with Crippen LogP contribution in [0.15, 0.2) is 5.38 Å². The minimum atomic E-state index is 0.656. The van der Waals surface area contributed by atoms with E-state index in [4.69, 9.17) is 10.7 Å². The Kier molecular flexibility index (Phi) is 2.08. The fraction of sp³-hybridized carbons (Fsp3) is 0.500. The highest BCUT2D eigenvalue weighted by molar-refractivity contribution is 7.16. The molecule has 0 bridgehead atoms. The summed E-state index contributed by atoms with van der Waals surface area (Å²) in [5.41, 5.74) is 8.06. The van der Waals surface area contributed by atoms with Gasteiger partial charge in [0.15, 0.2) is 5.13 Å². The first-order chi connectivity index (χ1) is 8.31. The predicted molar refractivity (Wildman–Crippen MR) is 71.6 cm³/mol. The molecule has 0 amide bonds. The Labute approximate surface area is 108 Å². The fourth-order valence-electron chi connectivity index (χ4n) is 2.06. The van der Waals surface area contributed by atoms with Crippen molar-refractivity contribution in [2.45, 2.75) is 37.5 Å². The maximum atomic E-state index is 5.73. The van der Waals surface area contributed by atoms with Gasteiger partial charge in [-0.25, -0.2) is 9.97 Å². The first-order valence-electron chi connectivity index (χ1n) is 6.03. The number of rotatable bonds is 3. The third-order valence-electron chi connectivity index (χ3n) is 3.32. The summed E-state index contributed by atoms with van der Waals surface area (Å²) >= 11 is 3.36. The molecule has 2 aromatic rings. The molecular formula is C12H13N3S2. The molecule has 0 unspecified atom stereocenters. The van der Waals surface area contributed by atoms with Crippen LogP contribution in [0.2, 0.25) is 0 Å². The van der Waals surface area contributed by atoms with Gasteiger partial charge in [-0.15, -0.1) is 22.7 Å². The third kappa shape index (κ3) is 1.77. The maximum Gasteiger partial charge on any atom is 0.180 e. The number of anilines is 1. The van der Waals surface area contributed by atoms with E-state index in [0.29, 0.717) is 11.0 Å². The summed E-state index contributed by atoms with van der Waals surface area (Å²) in [5, 5.41) is 4.04. The highest BCUT2D eigenvalue weighted by atomic mass is 32.1. The molecule has 88 valence electrons. The van der Waals surface area contributed by atoms with Gasteiger partial charge in [-0.1, -0.05) is 0 Å². The van der Waals surface area contributed by atoms with Crippen LogP contribution in [0.25, 0.3) is 10.6 Å². The van der Waals surface area contributed by atoms with Gasteiger partial charge in [0.2, 0.25) is 0 Å². The molecule has 17 heavy (non-hydrogen) atoms. The molecule has 2 aliphatic rings. The predicted octanol–water partition coefficient (Wildman–Crippen LogP) is 3.60. The van der Waals surface area contributed by atoms with Crippen LogP contribution in [0.4, 0.5) is 5.13 Å². The number of nitrogens with two attached hydrogens (primary N) is 1.